The van der Waals surface area contributed by atoms with E-state index in [0.29, 0.717) is 46.3 Å². The lowest BCUT2D eigenvalue weighted by atomic mass is 10.0. The first-order valence-corrected chi connectivity index (χ1v) is 12.9. The summed E-state index contributed by atoms with van der Waals surface area (Å²) in [6.45, 7) is 11.8. The fraction of sp³-hybridized carbons (Fsp3) is 0.367. The molecule has 3 rings (SSSR count). The normalized spacial score (nSPS) is 11.1. The van der Waals surface area contributed by atoms with Crippen LogP contribution in [0.3, 0.4) is 0 Å². The minimum atomic E-state index is -0.747. The number of rotatable bonds is 9. The fourth-order valence-electron chi connectivity index (χ4n) is 4.05. The number of nitrogens with one attached hydrogen (secondary N) is 2. The third-order valence-corrected chi connectivity index (χ3v) is 5.63. The summed E-state index contributed by atoms with van der Waals surface area (Å²) in [7, 11) is 1.85. The number of benzene rings is 2. The van der Waals surface area contributed by atoms with Crippen LogP contribution in [0.5, 0.6) is 0 Å². The van der Waals surface area contributed by atoms with E-state index >= 15 is 0 Å². The number of anilines is 3. The Kier molecular flexibility index (Phi) is 9.32. The van der Waals surface area contributed by atoms with Gasteiger partial charge in [-0.25, -0.2) is 4.79 Å². The first kappa shape index (κ1) is 29.9. The van der Waals surface area contributed by atoms with E-state index in [2.05, 4.69) is 35.7 Å². The standard InChI is InChI=1S/C30H35N5O5/c1-18(2)17-35(7)25-14-24(33-29(38)39-30(4,5)6)23(13-22(25)16-31)32-28(37)15-26(36)20-9-8-10-21(12-20)27-11-19(3)34-40-27/h8-14,18H,15,17H2,1-7H3,(H,32,37)(H,33,38). The summed E-state index contributed by atoms with van der Waals surface area (Å²) in [5.41, 5.74) is 2.25. The zero-order chi connectivity index (χ0) is 29.6. The van der Waals surface area contributed by atoms with Crippen LogP contribution in [0.4, 0.5) is 21.9 Å². The number of hydrogen-bond donors (Lipinski definition) is 2. The molecule has 0 saturated heterocycles. The summed E-state index contributed by atoms with van der Waals surface area (Å²) in [6.07, 6.45) is -1.18. The molecule has 3 aromatic rings. The van der Waals surface area contributed by atoms with E-state index in [0.717, 1.165) is 0 Å². The molecule has 1 aromatic heterocycles. The highest BCUT2D eigenvalue weighted by molar-refractivity contribution is 6.12. The monoisotopic (exact) mass is 545 g/mol. The van der Waals surface area contributed by atoms with Crippen LogP contribution in [0, 0.1) is 24.2 Å². The van der Waals surface area contributed by atoms with E-state index < -0.39 is 29.8 Å². The van der Waals surface area contributed by atoms with Crippen LogP contribution < -0.4 is 15.5 Å². The van der Waals surface area contributed by atoms with Crippen molar-refractivity contribution in [3.63, 3.8) is 0 Å². The molecule has 210 valence electrons. The molecule has 0 spiro atoms. The molecular formula is C30H35N5O5. The Hall–Kier alpha value is -4.65. The van der Waals surface area contributed by atoms with Crippen molar-refractivity contribution in [2.24, 2.45) is 5.92 Å². The van der Waals surface area contributed by atoms with Crippen LogP contribution in [0.1, 0.15) is 62.7 Å². The molecule has 1 heterocycles. The molecule has 0 aliphatic carbocycles. The highest BCUT2D eigenvalue weighted by atomic mass is 16.6. The second-order valence-corrected chi connectivity index (χ2v) is 11.0. The summed E-state index contributed by atoms with van der Waals surface area (Å²) >= 11 is 0. The molecule has 10 nitrogen and oxygen atoms in total. The largest absolute Gasteiger partial charge is 0.444 e. The zero-order valence-corrected chi connectivity index (χ0v) is 23.9. The third kappa shape index (κ3) is 8.17. The van der Waals surface area contributed by atoms with Crippen LogP contribution in [-0.2, 0) is 9.53 Å². The molecule has 0 atom stereocenters. The average molecular weight is 546 g/mol. The lowest BCUT2D eigenvalue weighted by molar-refractivity contribution is -0.115. The lowest BCUT2D eigenvalue weighted by Crippen LogP contribution is -2.28. The fourth-order valence-corrected chi connectivity index (χ4v) is 4.05. The Morgan fingerprint density at radius 3 is 2.40 bits per heavy atom. The lowest BCUT2D eigenvalue weighted by Gasteiger charge is -2.25. The predicted octanol–water partition coefficient (Wildman–Crippen LogP) is 6.17. The number of aryl methyl sites for hydroxylation is 1. The van der Waals surface area contributed by atoms with Crippen LogP contribution in [0.2, 0.25) is 0 Å². The predicted molar refractivity (Wildman–Crippen MR) is 153 cm³/mol. The van der Waals surface area contributed by atoms with Gasteiger partial charge in [0.05, 0.1) is 34.7 Å². The molecule has 0 radical (unpaired) electrons. The molecule has 0 aliphatic rings. The number of ether oxygens (including phenoxy) is 1. The number of aromatic nitrogens is 1. The maximum Gasteiger partial charge on any atom is 0.412 e. The van der Waals surface area contributed by atoms with Gasteiger partial charge in [0.2, 0.25) is 5.91 Å². The van der Waals surface area contributed by atoms with Crippen molar-refractivity contribution in [1.29, 1.82) is 5.26 Å². The van der Waals surface area contributed by atoms with Gasteiger partial charge in [-0.2, -0.15) is 5.26 Å². The van der Waals surface area contributed by atoms with E-state index in [1.54, 1.807) is 64.1 Å². The van der Waals surface area contributed by atoms with Gasteiger partial charge < -0.3 is 19.5 Å². The highest BCUT2D eigenvalue weighted by Crippen LogP contribution is 2.32. The Balaban J connectivity index is 1.86. The topological polar surface area (TPSA) is 138 Å². The Bertz CT molecular complexity index is 1450. The van der Waals surface area contributed by atoms with Crippen molar-refractivity contribution in [3.05, 3.63) is 59.3 Å². The van der Waals surface area contributed by atoms with E-state index in [9.17, 15) is 19.6 Å². The van der Waals surface area contributed by atoms with E-state index in [-0.39, 0.29) is 11.4 Å². The first-order valence-electron chi connectivity index (χ1n) is 12.9. The summed E-state index contributed by atoms with van der Waals surface area (Å²) < 4.78 is 10.7. The van der Waals surface area contributed by atoms with Gasteiger partial charge in [-0.3, -0.25) is 14.9 Å². The van der Waals surface area contributed by atoms with Crippen molar-refractivity contribution in [3.8, 4) is 17.4 Å². The van der Waals surface area contributed by atoms with Gasteiger partial charge >= 0.3 is 6.09 Å². The van der Waals surface area contributed by atoms with Gasteiger partial charge in [0.25, 0.3) is 0 Å². The Morgan fingerprint density at radius 2 is 1.80 bits per heavy atom. The van der Waals surface area contributed by atoms with Gasteiger partial charge in [0, 0.05) is 30.8 Å². The molecule has 0 aliphatic heterocycles. The second-order valence-electron chi connectivity index (χ2n) is 11.0. The molecule has 0 unspecified atom stereocenters. The highest BCUT2D eigenvalue weighted by Gasteiger charge is 2.22. The van der Waals surface area contributed by atoms with Gasteiger partial charge in [0.1, 0.15) is 11.7 Å². The zero-order valence-electron chi connectivity index (χ0n) is 23.9. The summed E-state index contributed by atoms with van der Waals surface area (Å²) in [5.74, 6) is -0.187. The van der Waals surface area contributed by atoms with Crippen LogP contribution in [0.25, 0.3) is 11.3 Å². The van der Waals surface area contributed by atoms with Gasteiger partial charge in [-0.1, -0.05) is 37.2 Å². The first-order chi connectivity index (χ1) is 18.8. The molecule has 10 heteroatoms. The smallest absolute Gasteiger partial charge is 0.412 e. The maximum atomic E-state index is 13.0. The van der Waals surface area contributed by atoms with E-state index in [1.807, 2.05) is 11.9 Å². The number of amides is 2. The number of nitriles is 1. The van der Waals surface area contributed by atoms with Crippen molar-refractivity contribution in [1.82, 2.24) is 5.16 Å². The minimum absolute atomic E-state index is 0.174. The number of carbonyl (C=O) groups is 3. The maximum absolute atomic E-state index is 13.0. The molecule has 2 N–H and O–H groups in total. The molecular weight excluding hydrogens is 510 g/mol. The summed E-state index contributed by atoms with van der Waals surface area (Å²) in [6, 6.07) is 13.7. The van der Waals surface area contributed by atoms with Crippen LogP contribution in [0.15, 0.2) is 47.0 Å². The summed E-state index contributed by atoms with van der Waals surface area (Å²) in [4.78, 5) is 40.5. The number of carbonyl (C=O) groups excluding carboxylic acids is 3. The van der Waals surface area contributed by atoms with E-state index in [1.165, 1.54) is 6.07 Å². The third-order valence-electron chi connectivity index (χ3n) is 5.63. The van der Waals surface area contributed by atoms with Crippen molar-refractivity contribution >= 4 is 34.8 Å². The molecule has 0 fully saturated rings. The van der Waals surface area contributed by atoms with Crippen LogP contribution in [-0.4, -0.2) is 42.1 Å². The number of nitrogens with zero attached hydrogens (tertiary/aromatic N) is 3. The minimum Gasteiger partial charge on any atom is -0.444 e. The average Bonchev–Trinajstić information content (AvgIpc) is 3.29. The van der Waals surface area contributed by atoms with Gasteiger partial charge in [0.15, 0.2) is 11.5 Å². The SMILES string of the molecule is Cc1cc(-c2cccc(C(=O)CC(=O)Nc3cc(C#N)c(N(C)CC(C)C)cc3NC(=O)OC(C)(C)C)c2)on1. The van der Waals surface area contributed by atoms with Crippen molar-refractivity contribution < 1.29 is 23.6 Å². The molecule has 2 aromatic carbocycles. The second kappa shape index (κ2) is 12.5. The number of ketones is 1. The molecule has 0 saturated carbocycles. The van der Waals surface area contributed by atoms with Crippen LogP contribution >= 0.6 is 0 Å². The van der Waals surface area contributed by atoms with E-state index in [4.69, 9.17) is 9.26 Å². The molecule has 0 bridgehead atoms. The molecule has 2 amide bonds. The number of hydrogen-bond acceptors (Lipinski definition) is 8. The molecule has 40 heavy (non-hydrogen) atoms. The van der Waals surface area contributed by atoms with Crippen molar-refractivity contribution in [2.45, 2.75) is 53.6 Å². The number of Topliss-reactive ketones (excluding diaryl/α,β-unsaturated/α-hetero) is 1. The Morgan fingerprint density at radius 1 is 1.10 bits per heavy atom. The quantitative estimate of drug-likeness (QED) is 0.240. The summed E-state index contributed by atoms with van der Waals surface area (Å²) in [5, 5.41) is 19.1. The Labute approximate surface area is 234 Å². The van der Waals surface area contributed by atoms with Gasteiger partial charge in [-0.15, -0.1) is 0 Å². The van der Waals surface area contributed by atoms with Gasteiger partial charge in [-0.05, 0) is 51.8 Å². The van der Waals surface area contributed by atoms with Crippen molar-refractivity contribution in [2.75, 3.05) is 29.1 Å².